The van der Waals surface area contributed by atoms with Crippen molar-refractivity contribution in [1.82, 2.24) is 29.4 Å². The van der Waals surface area contributed by atoms with E-state index < -0.39 is 0 Å². The van der Waals surface area contributed by atoms with Crippen LogP contribution >= 0.6 is 11.8 Å². The topological polar surface area (TPSA) is 82.5 Å². The van der Waals surface area contributed by atoms with Crippen LogP contribution < -0.4 is 4.74 Å². The average Bonchev–Trinajstić information content (AvgIpc) is 3.57. The number of fused-ring (bicyclic) bond motifs is 2. The summed E-state index contributed by atoms with van der Waals surface area (Å²) in [6.07, 6.45) is 7.79. The predicted molar refractivity (Wildman–Crippen MR) is 138 cm³/mol. The first kappa shape index (κ1) is 21.5. The summed E-state index contributed by atoms with van der Waals surface area (Å²) in [5.41, 5.74) is 8.13. The van der Waals surface area contributed by atoms with Crippen LogP contribution in [0.5, 0.6) is 5.75 Å². The molecule has 0 unspecified atom stereocenters. The van der Waals surface area contributed by atoms with Gasteiger partial charge in [0, 0.05) is 63.9 Å². The van der Waals surface area contributed by atoms with Crippen LogP contribution in [0.1, 0.15) is 19.4 Å². The van der Waals surface area contributed by atoms with Crippen molar-refractivity contribution in [1.29, 1.82) is 0 Å². The summed E-state index contributed by atoms with van der Waals surface area (Å²) in [7, 11) is 3.62. The average molecular weight is 482 g/mol. The summed E-state index contributed by atoms with van der Waals surface area (Å²) < 4.78 is 9.72. The van der Waals surface area contributed by atoms with Crippen LogP contribution in [0.2, 0.25) is 0 Å². The normalized spacial score (nSPS) is 13.8. The molecule has 0 fully saturated rings. The number of benzene rings is 1. The van der Waals surface area contributed by atoms with Gasteiger partial charge in [0.05, 0.1) is 25.4 Å². The Morgan fingerprint density at radius 1 is 1.00 bits per heavy atom. The number of methoxy groups -OCH3 is 1. The van der Waals surface area contributed by atoms with Crippen LogP contribution in [0, 0.1) is 0 Å². The van der Waals surface area contributed by atoms with E-state index in [9.17, 15) is 0 Å². The van der Waals surface area contributed by atoms with Gasteiger partial charge in [-0.05, 0) is 61.5 Å². The van der Waals surface area contributed by atoms with Gasteiger partial charge >= 0.3 is 0 Å². The van der Waals surface area contributed by atoms with Crippen molar-refractivity contribution in [2.75, 3.05) is 13.7 Å². The molecular formula is C26H23N7OS. The van der Waals surface area contributed by atoms with E-state index in [4.69, 9.17) is 9.72 Å². The van der Waals surface area contributed by atoms with Gasteiger partial charge < -0.3 is 4.74 Å². The second-order valence-electron chi connectivity index (χ2n) is 8.57. The summed E-state index contributed by atoms with van der Waals surface area (Å²) >= 11 is 1.56. The fourth-order valence-corrected chi connectivity index (χ4v) is 5.37. The van der Waals surface area contributed by atoms with Crippen LogP contribution in [0.25, 0.3) is 33.3 Å². The molecule has 8 nitrogen and oxygen atoms in total. The minimum Gasteiger partial charge on any atom is -0.495 e. The third-order valence-electron chi connectivity index (χ3n) is 6.22. The van der Waals surface area contributed by atoms with Gasteiger partial charge in [-0.15, -0.1) is 10.2 Å². The number of hydrogen-bond acceptors (Lipinski definition) is 7. The molecule has 0 spiro atoms. The number of pyridine rings is 2. The highest BCUT2D eigenvalue weighted by Crippen LogP contribution is 2.39. The monoisotopic (exact) mass is 481 g/mol. The first-order valence-electron chi connectivity index (χ1n) is 11.2. The molecule has 0 radical (unpaired) electrons. The second-order valence-corrected chi connectivity index (χ2v) is 9.62. The van der Waals surface area contributed by atoms with E-state index in [1.165, 1.54) is 5.57 Å². The van der Waals surface area contributed by atoms with Crippen LogP contribution in [-0.2, 0) is 7.05 Å². The summed E-state index contributed by atoms with van der Waals surface area (Å²) in [4.78, 5) is 10.3. The van der Waals surface area contributed by atoms with E-state index in [2.05, 4.69) is 39.3 Å². The zero-order valence-electron chi connectivity index (χ0n) is 19.9. The quantitative estimate of drug-likeness (QED) is 0.348. The molecule has 174 valence electrons. The van der Waals surface area contributed by atoms with Gasteiger partial charge in [-0.25, -0.2) is 0 Å². The summed E-state index contributed by atoms with van der Waals surface area (Å²) in [6.45, 7) is 4.87. The maximum Gasteiger partial charge on any atom is 0.200 e. The number of ether oxygens (including phenoxy) is 1. The lowest BCUT2D eigenvalue weighted by Crippen LogP contribution is -2.00. The molecule has 5 heterocycles. The molecule has 0 saturated heterocycles. The van der Waals surface area contributed by atoms with Gasteiger partial charge in [-0.2, -0.15) is 5.10 Å². The first-order chi connectivity index (χ1) is 17.0. The number of aliphatic imine (C=N–C) groups is 1. The number of rotatable bonds is 5. The van der Waals surface area contributed by atoms with Gasteiger partial charge in [-0.3, -0.25) is 19.1 Å². The van der Waals surface area contributed by atoms with Gasteiger partial charge in [0.2, 0.25) is 0 Å². The van der Waals surface area contributed by atoms with Crippen LogP contribution in [0.4, 0.5) is 0 Å². The Bertz CT molecular complexity index is 1680. The van der Waals surface area contributed by atoms with Crippen LogP contribution in [0.15, 0.2) is 75.7 Å². The molecule has 1 aliphatic heterocycles. The summed E-state index contributed by atoms with van der Waals surface area (Å²) in [5.74, 6) is 0.813. The number of allylic oxidation sites excluding steroid dienone is 1. The maximum atomic E-state index is 5.92. The number of aromatic nitrogens is 6. The summed E-state index contributed by atoms with van der Waals surface area (Å²) in [5, 5.41) is 14.8. The zero-order chi connectivity index (χ0) is 24.1. The molecule has 9 heteroatoms. The molecule has 5 aromatic rings. The second kappa shape index (κ2) is 8.35. The van der Waals surface area contributed by atoms with Gasteiger partial charge in [0.15, 0.2) is 10.8 Å². The predicted octanol–water partition coefficient (Wildman–Crippen LogP) is 5.09. The molecule has 1 aliphatic rings. The number of nitrogens with zero attached hydrogens (tertiary/aromatic N) is 7. The van der Waals surface area contributed by atoms with E-state index in [0.29, 0.717) is 0 Å². The lowest BCUT2D eigenvalue weighted by atomic mass is 9.98. The number of aryl methyl sites for hydroxylation is 1. The SMILES string of the molecule is COc1c(C2=C(C)CN=C2C)cnc2ccc(Sc3nnc4ccc(-c5cnn(C)c5)cn34)cc12. The molecule has 0 bridgehead atoms. The zero-order valence-corrected chi connectivity index (χ0v) is 20.7. The first-order valence-corrected chi connectivity index (χ1v) is 12.0. The van der Waals surface area contributed by atoms with Crippen molar-refractivity contribution in [2.45, 2.75) is 23.9 Å². The van der Waals surface area contributed by atoms with Crippen molar-refractivity contribution in [2.24, 2.45) is 12.0 Å². The van der Waals surface area contributed by atoms with Gasteiger partial charge in [-0.1, -0.05) is 0 Å². The van der Waals surface area contributed by atoms with Crippen molar-refractivity contribution in [3.05, 3.63) is 66.3 Å². The van der Waals surface area contributed by atoms with Crippen LogP contribution in [-0.4, -0.2) is 48.7 Å². The van der Waals surface area contributed by atoms with Crippen molar-refractivity contribution >= 4 is 39.6 Å². The Morgan fingerprint density at radius 3 is 2.63 bits per heavy atom. The lowest BCUT2D eigenvalue weighted by molar-refractivity contribution is 0.418. The lowest BCUT2D eigenvalue weighted by Gasteiger charge is -2.14. The molecule has 35 heavy (non-hydrogen) atoms. The Balaban J connectivity index is 1.42. The Morgan fingerprint density at radius 2 is 1.89 bits per heavy atom. The molecule has 0 N–H and O–H groups in total. The van der Waals surface area contributed by atoms with E-state index in [1.54, 1.807) is 23.6 Å². The van der Waals surface area contributed by atoms with Crippen molar-refractivity contribution in [3.8, 4) is 16.9 Å². The minimum atomic E-state index is 0.721. The molecule has 0 saturated carbocycles. The van der Waals surface area contributed by atoms with Gasteiger partial charge in [0.1, 0.15) is 5.75 Å². The Kier molecular flexibility index (Phi) is 5.14. The smallest absolute Gasteiger partial charge is 0.200 e. The molecule has 1 aromatic carbocycles. The van der Waals surface area contributed by atoms with Crippen molar-refractivity contribution in [3.63, 3.8) is 0 Å². The molecule has 4 aromatic heterocycles. The third kappa shape index (κ3) is 3.68. The van der Waals surface area contributed by atoms with E-state index >= 15 is 0 Å². The fourth-order valence-electron chi connectivity index (χ4n) is 4.52. The molecule has 6 rings (SSSR count). The maximum absolute atomic E-state index is 5.92. The highest BCUT2D eigenvalue weighted by Gasteiger charge is 2.21. The fraction of sp³-hybridized carbons (Fsp3) is 0.192. The van der Waals surface area contributed by atoms with Crippen LogP contribution in [0.3, 0.4) is 0 Å². The van der Waals surface area contributed by atoms with Crippen molar-refractivity contribution < 1.29 is 4.74 Å². The third-order valence-corrected chi connectivity index (χ3v) is 7.17. The molecular weight excluding hydrogens is 458 g/mol. The van der Waals surface area contributed by atoms with E-state index in [0.717, 1.165) is 66.9 Å². The summed E-state index contributed by atoms with van der Waals surface area (Å²) in [6, 6.07) is 10.2. The Labute approximate surface area is 206 Å². The highest BCUT2D eigenvalue weighted by molar-refractivity contribution is 7.99. The highest BCUT2D eigenvalue weighted by atomic mass is 32.2. The van der Waals surface area contributed by atoms with E-state index in [1.807, 2.05) is 61.4 Å². The molecule has 0 amide bonds. The van der Waals surface area contributed by atoms with E-state index in [-0.39, 0.29) is 0 Å². The molecule has 0 aliphatic carbocycles. The standard InChI is InChI=1S/C26H23N7OS/c1-15-10-27-16(2)24(15)21-12-28-22-7-6-19(9-20(22)25(21)34-4)35-26-31-30-23-8-5-17(14-33(23)26)18-11-29-32(3)13-18/h5-9,11-14H,10H2,1-4H3. The minimum absolute atomic E-state index is 0.721. The van der Waals surface area contributed by atoms with Gasteiger partial charge in [0.25, 0.3) is 0 Å². The Hall–Kier alpha value is -3.98. The number of hydrogen-bond donors (Lipinski definition) is 0. The largest absolute Gasteiger partial charge is 0.495 e. The molecule has 0 atom stereocenters.